The third kappa shape index (κ3) is 8.06. The molecule has 11 nitrogen and oxygen atoms in total. The zero-order valence-corrected chi connectivity index (χ0v) is 19.1. The Kier molecular flexibility index (Phi) is 9.80. The number of nitrogens with two attached hydrogens (primary N) is 2. The Balaban J connectivity index is 0.00000205. The van der Waals surface area contributed by atoms with Crippen molar-refractivity contribution in [3.05, 3.63) is 51.3 Å². The highest BCUT2D eigenvalue weighted by molar-refractivity contribution is 6.06. The lowest BCUT2D eigenvalue weighted by atomic mass is 9.91. The van der Waals surface area contributed by atoms with E-state index in [4.69, 9.17) is 16.6 Å². The molecule has 0 saturated heterocycles. The third-order valence-corrected chi connectivity index (χ3v) is 4.30. The molecule has 0 bridgehead atoms. The van der Waals surface area contributed by atoms with Crippen molar-refractivity contribution in [3.8, 4) is 0 Å². The fourth-order valence-corrected chi connectivity index (χ4v) is 2.58. The van der Waals surface area contributed by atoms with Gasteiger partial charge in [-0.25, -0.2) is 4.98 Å². The molecule has 202 valence electrons. The van der Waals surface area contributed by atoms with Crippen LogP contribution in [0.3, 0.4) is 0 Å². The highest BCUT2D eigenvalue weighted by Crippen LogP contribution is 2.33. The van der Waals surface area contributed by atoms with E-state index in [9.17, 15) is 41.3 Å². The number of aliphatic hydroxyl groups is 1. The molecule has 0 spiro atoms. The van der Waals surface area contributed by atoms with Gasteiger partial charge < -0.3 is 25.8 Å². The largest absolute Gasteiger partial charge is 0.484 e. The maximum absolute atomic E-state index is 13.2. The number of ether oxygens (including phenoxy) is 1. The lowest BCUT2D eigenvalue weighted by Gasteiger charge is -2.28. The number of amides is 1. The van der Waals surface area contributed by atoms with E-state index in [0.717, 1.165) is 0 Å². The Bertz CT molecular complexity index is 1030. The number of alkyl halides is 6. The van der Waals surface area contributed by atoms with E-state index in [1.807, 2.05) is 5.32 Å². The highest BCUT2D eigenvalue weighted by atomic mass is 19.4. The van der Waals surface area contributed by atoms with Gasteiger partial charge in [-0.1, -0.05) is 0 Å². The lowest BCUT2D eigenvalue weighted by molar-refractivity contribution is -0.556. The van der Waals surface area contributed by atoms with Crippen LogP contribution in [0.15, 0.2) is 35.6 Å². The van der Waals surface area contributed by atoms with Gasteiger partial charge in [-0.2, -0.15) is 26.3 Å². The molecule has 36 heavy (non-hydrogen) atoms. The SMILES string of the molecule is CCO.CN(C)c1cc(C(F)(F)F)cc(NC(=O)C2=CC(N)([N+](=O)[O-])C(N)C=C2OCC(F)(F)F)n1. The molecule has 0 aliphatic heterocycles. The number of nitrogens with zero attached hydrogens (tertiary/aromatic N) is 3. The molecule has 0 fully saturated rings. The lowest BCUT2D eigenvalue weighted by Crippen LogP contribution is -2.60. The second kappa shape index (κ2) is 11.5. The molecule has 0 saturated carbocycles. The Labute approximate surface area is 200 Å². The topological polar surface area (TPSA) is 170 Å². The summed E-state index contributed by atoms with van der Waals surface area (Å²) < 4.78 is 81.9. The molecule has 2 atom stereocenters. The number of nitro groups is 1. The van der Waals surface area contributed by atoms with Crippen LogP contribution in [0.1, 0.15) is 12.5 Å². The number of aliphatic hydroxyl groups excluding tert-OH is 1. The van der Waals surface area contributed by atoms with Gasteiger partial charge in [-0.3, -0.25) is 20.6 Å². The number of carbonyl (C=O) groups excluding carboxylic acids is 1. The number of rotatable bonds is 6. The van der Waals surface area contributed by atoms with E-state index in [1.54, 1.807) is 6.92 Å². The molecule has 2 unspecified atom stereocenters. The van der Waals surface area contributed by atoms with E-state index in [0.29, 0.717) is 24.3 Å². The molecule has 1 aromatic rings. The standard InChI is InChI=1S/C17H18F6N6O4.C2H6O/c1-28(2)13-4-8(17(21,22)23)3-12(26-13)27-14(30)9-6-15(25,29(31)32)11(24)5-10(9)33-7-16(18,19)20;1-2-3/h3-6,11H,7,24-25H2,1-2H3,(H,26,27,30);3H,2H2,1H3. The van der Waals surface area contributed by atoms with Gasteiger partial charge in [0.15, 0.2) is 6.61 Å². The number of anilines is 2. The average Bonchev–Trinajstić information content (AvgIpc) is 2.73. The Hall–Kier alpha value is -3.44. The molecule has 6 N–H and O–H groups in total. The average molecular weight is 530 g/mol. The van der Waals surface area contributed by atoms with E-state index in [2.05, 4.69) is 9.72 Å². The Morgan fingerprint density at radius 2 is 1.86 bits per heavy atom. The number of halogens is 6. The van der Waals surface area contributed by atoms with E-state index in [1.165, 1.54) is 19.0 Å². The molecular formula is C19H24F6N6O5. The summed E-state index contributed by atoms with van der Waals surface area (Å²) in [5.41, 5.74) is 6.51. The van der Waals surface area contributed by atoms with Crippen molar-refractivity contribution in [2.24, 2.45) is 11.5 Å². The molecule has 2 rings (SSSR count). The van der Waals surface area contributed by atoms with Gasteiger partial charge in [0.2, 0.25) is 0 Å². The summed E-state index contributed by atoms with van der Waals surface area (Å²) in [4.78, 5) is 28.0. The van der Waals surface area contributed by atoms with Gasteiger partial charge >= 0.3 is 18.0 Å². The first-order valence-electron chi connectivity index (χ1n) is 9.88. The first-order valence-corrected chi connectivity index (χ1v) is 9.88. The summed E-state index contributed by atoms with van der Waals surface area (Å²) in [5, 5.41) is 20.9. The summed E-state index contributed by atoms with van der Waals surface area (Å²) in [6, 6.07) is -0.507. The van der Waals surface area contributed by atoms with Gasteiger partial charge in [0.1, 0.15) is 23.4 Å². The van der Waals surface area contributed by atoms with Crippen molar-refractivity contribution < 1.29 is 45.9 Å². The first-order chi connectivity index (χ1) is 16.4. The minimum absolute atomic E-state index is 0.206. The Morgan fingerprint density at radius 3 is 2.31 bits per heavy atom. The predicted octanol–water partition coefficient (Wildman–Crippen LogP) is 1.77. The van der Waals surface area contributed by atoms with Crippen LogP contribution >= 0.6 is 0 Å². The number of hydrogen-bond donors (Lipinski definition) is 4. The van der Waals surface area contributed by atoms with Gasteiger partial charge in [-0.05, 0) is 25.1 Å². The maximum Gasteiger partial charge on any atom is 0.422 e. The van der Waals surface area contributed by atoms with Crippen LogP contribution in [0.5, 0.6) is 0 Å². The van der Waals surface area contributed by atoms with E-state index >= 15 is 0 Å². The maximum atomic E-state index is 13.2. The fourth-order valence-electron chi connectivity index (χ4n) is 2.58. The van der Waals surface area contributed by atoms with Crippen LogP contribution in [0.4, 0.5) is 38.0 Å². The van der Waals surface area contributed by atoms with Crippen molar-refractivity contribution in [2.75, 3.05) is 37.5 Å². The molecule has 1 aromatic heterocycles. The second-order valence-electron chi connectivity index (χ2n) is 7.42. The predicted molar refractivity (Wildman–Crippen MR) is 115 cm³/mol. The zero-order chi connectivity index (χ0) is 28.1. The van der Waals surface area contributed by atoms with Crippen molar-refractivity contribution in [1.82, 2.24) is 4.98 Å². The van der Waals surface area contributed by atoms with E-state index < -0.39 is 64.2 Å². The van der Waals surface area contributed by atoms with Gasteiger partial charge in [-0.15, -0.1) is 0 Å². The van der Waals surface area contributed by atoms with Crippen LogP contribution in [0.25, 0.3) is 0 Å². The number of carbonyl (C=O) groups is 1. The summed E-state index contributed by atoms with van der Waals surface area (Å²) >= 11 is 0. The molecule has 0 aromatic carbocycles. The highest BCUT2D eigenvalue weighted by Gasteiger charge is 2.47. The summed E-state index contributed by atoms with van der Waals surface area (Å²) in [7, 11) is 2.76. The van der Waals surface area contributed by atoms with Crippen molar-refractivity contribution in [1.29, 1.82) is 0 Å². The smallest absolute Gasteiger partial charge is 0.422 e. The molecule has 1 heterocycles. The molecule has 1 aliphatic carbocycles. The summed E-state index contributed by atoms with van der Waals surface area (Å²) in [5.74, 6) is -2.99. The second-order valence-corrected chi connectivity index (χ2v) is 7.42. The van der Waals surface area contributed by atoms with E-state index in [-0.39, 0.29) is 12.4 Å². The molecule has 1 amide bonds. The summed E-state index contributed by atoms with van der Waals surface area (Å²) in [6.07, 6.45) is -8.54. The van der Waals surface area contributed by atoms with Crippen molar-refractivity contribution in [2.45, 2.75) is 31.0 Å². The summed E-state index contributed by atoms with van der Waals surface area (Å²) in [6.45, 7) is 0.0544. The van der Waals surface area contributed by atoms with Crippen LogP contribution in [0.2, 0.25) is 0 Å². The monoisotopic (exact) mass is 530 g/mol. The van der Waals surface area contributed by atoms with Gasteiger partial charge in [0, 0.05) is 31.7 Å². The van der Waals surface area contributed by atoms with Crippen LogP contribution in [-0.2, 0) is 15.7 Å². The molecule has 1 aliphatic rings. The first kappa shape index (κ1) is 30.6. The number of nitrogens with one attached hydrogen (secondary N) is 1. The van der Waals surface area contributed by atoms with Crippen LogP contribution in [0, 0.1) is 10.1 Å². The fraction of sp³-hybridized carbons (Fsp3) is 0.474. The zero-order valence-electron chi connectivity index (χ0n) is 19.1. The van der Waals surface area contributed by atoms with Gasteiger partial charge in [0.05, 0.1) is 11.1 Å². The van der Waals surface area contributed by atoms with Crippen LogP contribution < -0.4 is 21.7 Å². The van der Waals surface area contributed by atoms with Crippen molar-refractivity contribution in [3.63, 3.8) is 0 Å². The normalized spacial score (nSPS) is 19.8. The van der Waals surface area contributed by atoms with Crippen molar-refractivity contribution >= 4 is 17.5 Å². The number of pyridine rings is 1. The van der Waals surface area contributed by atoms with Gasteiger partial charge in [0.25, 0.3) is 5.91 Å². The number of aromatic nitrogens is 1. The molecular weight excluding hydrogens is 506 g/mol. The minimum Gasteiger partial charge on any atom is -0.484 e. The number of hydrogen-bond acceptors (Lipinski definition) is 9. The van der Waals surface area contributed by atoms with Crippen LogP contribution in [-0.4, -0.2) is 66.1 Å². The molecule has 17 heteroatoms. The Morgan fingerprint density at radius 1 is 1.31 bits per heavy atom. The third-order valence-electron chi connectivity index (χ3n) is 4.30. The quantitative estimate of drug-likeness (QED) is 0.185. The molecule has 0 radical (unpaired) electrons. The minimum atomic E-state index is -4.84.